The summed E-state index contributed by atoms with van der Waals surface area (Å²) in [5.41, 5.74) is 2.81. The zero-order chi connectivity index (χ0) is 22.1. The molecule has 8 heteroatoms. The van der Waals surface area contributed by atoms with Gasteiger partial charge in [0, 0.05) is 91.6 Å². The summed E-state index contributed by atoms with van der Waals surface area (Å²) in [4.78, 5) is 5.10. The summed E-state index contributed by atoms with van der Waals surface area (Å²) in [6, 6.07) is 9.16. The molecule has 0 radical (unpaired) electrons. The molecule has 0 spiro atoms. The first kappa shape index (κ1) is 25.5. The van der Waals surface area contributed by atoms with Crippen molar-refractivity contribution in [2.75, 3.05) is 105 Å². The van der Waals surface area contributed by atoms with Crippen molar-refractivity contribution in [3.05, 3.63) is 35.4 Å². The normalized spacial score (nSPS) is 22.8. The van der Waals surface area contributed by atoms with Crippen molar-refractivity contribution in [3.8, 4) is 0 Å². The largest absolute Gasteiger partial charge is 0.379 e. The van der Waals surface area contributed by atoms with Crippen LogP contribution in [0.1, 0.15) is 11.1 Å². The van der Waals surface area contributed by atoms with Crippen molar-refractivity contribution < 1.29 is 9.47 Å². The smallest absolute Gasteiger partial charge is 0.0591 e. The average Bonchev–Trinajstić information content (AvgIpc) is 2.78. The zero-order valence-corrected chi connectivity index (χ0v) is 19.7. The third kappa shape index (κ3) is 11.2. The van der Waals surface area contributed by atoms with E-state index in [0.717, 1.165) is 118 Å². The number of ether oxygens (including phenoxy) is 2. The molecule has 0 bridgehead atoms. The van der Waals surface area contributed by atoms with Gasteiger partial charge < -0.3 is 30.7 Å². The first-order valence-corrected chi connectivity index (χ1v) is 12.4. The highest BCUT2D eigenvalue weighted by molar-refractivity contribution is 5.23. The molecule has 1 aromatic rings. The molecule has 4 N–H and O–H groups in total. The molecule has 0 amide bonds. The molecular formula is C24H44N6O2. The molecule has 0 saturated carbocycles. The summed E-state index contributed by atoms with van der Waals surface area (Å²) < 4.78 is 11.2. The minimum atomic E-state index is 0.791. The summed E-state index contributed by atoms with van der Waals surface area (Å²) in [5.74, 6) is 0. The Balaban J connectivity index is 1.51. The molecule has 0 unspecified atom stereocenters. The van der Waals surface area contributed by atoms with Gasteiger partial charge in [0.05, 0.1) is 26.4 Å². The summed E-state index contributed by atoms with van der Waals surface area (Å²) in [5, 5.41) is 14.0. The lowest BCUT2D eigenvalue weighted by atomic mass is 10.1. The molecule has 2 fully saturated rings. The standard InChI is InChI=1S/C24H44N6O2/c1-2-23(21-29-12-4-25-8-16-31-17-9-26-5-13-29)20-24(3-1)22-30-14-6-27-10-18-32-19-11-28-7-15-30/h1-3,20,25-28H,4-19,21-22H2. The van der Waals surface area contributed by atoms with Gasteiger partial charge in [-0.05, 0) is 11.1 Å². The fourth-order valence-electron chi connectivity index (χ4n) is 4.11. The second-order valence-corrected chi connectivity index (χ2v) is 8.60. The summed E-state index contributed by atoms with van der Waals surface area (Å²) in [6.07, 6.45) is 0. The Labute approximate surface area is 194 Å². The number of nitrogens with one attached hydrogen (secondary N) is 4. The van der Waals surface area contributed by atoms with Gasteiger partial charge in [0.15, 0.2) is 0 Å². The highest BCUT2D eigenvalue weighted by Gasteiger charge is 2.10. The maximum Gasteiger partial charge on any atom is 0.0591 e. The van der Waals surface area contributed by atoms with E-state index < -0.39 is 0 Å². The van der Waals surface area contributed by atoms with E-state index in [1.165, 1.54) is 11.1 Å². The lowest BCUT2D eigenvalue weighted by Crippen LogP contribution is -2.39. The molecule has 8 nitrogen and oxygen atoms in total. The van der Waals surface area contributed by atoms with Gasteiger partial charge in [-0.25, -0.2) is 0 Å². The van der Waals surface area contributed by atoms with Crippen LogP contribution in [0.5, 0.6) is 0 Å². The lowest BCUT2D eigenvalue weighted by Gasteiger charge is -2.25. The maximum absolute atomic E-state index is 5.59. The molecule has 0 atom stereocenters. The second kappa shape index (κ2) is 16.5. The van der Waals surface area contributed by atoms with Crippen LogP contribution in [0.2, 0.25) is 0 Å². The summed E-state index contributed by atoms with van der Waals surface area (Å²) >= 11 is 0. The van der Waals surface area contributed by atoms with Gasteiger partial charge in [0.1, 0.15) is 0 Å². The van der Waals surface area contributed by atoms with Gasteiger partial charge in [-0.2, -0.15) is 0 Å². The van der Waals surface area contributed by atoms with Crippen LogP contribution in [0.4, 0.5) is 0 Å². The highest BCUT2D eigenvalue weighted by Crippen LogP contribution is 2.11. The van der Waals surface area contributed by atoms with Gasteiger partial charge in [-0.15, -0.1) is 0 Å². The molecule has 1 aromatic carbocycles. The SMILES string of the molecule is c1cc(CN2CCNCCOCCNCC2)cc(CN2CCNCCOCCNCC2)c1. The van der Waals surface area contributed by atoms with E-state index in [9.17, 15) is 0 Å². The predicted octanol–water partition coefficient (Wildman–Crippen LogP) is -0.291. The van der Waals surface area contributed by atoms with Gasteiger partial charge in [0.25, 0.3) is 0 Å². The van der Waals surface area contributed by atoms with Crippen molar-refractivity contribution in [1.82, 2.24) is 31.1 Å². The van der Waals surface area contributed by atoms with E-state index in [2.05, 4.69) is 55.3 Å². The number of nitrogens with zero attached hydrogens (tertiary/aromatic N) is 2. The Bertz CT molecular complexity index is 534. The van der Waals surface area contributed by atoms with Crippen molar-refractivity contribution in [2.45, 2.75) is 13.1 Å². The third-order valence-electron chi connectivity index (χ3n) is 5.92. The van der Waals surface area contributed by atoms with Crippen LogP contribution < -0.4 is 21.3 Å². The van der Waals surface area contributed by atoms with Crippen LogP contribution in [-0.2, 0) is 22.6 Å². The highest BCUT2D eigenvalue weighted by atomic mass is 16.5. The zero-order valence-electron chi connectivity index (χ0n) is 19.7. The van der Waals surface area contributed by atoms with E-state index in [1.807, 2.05) is 0 Å². The van der Waals surface area contributed by atoms with Crippen molar-refractivity contribution in [2.24, 2.45) is 0 Å². The molecule has 0 aliphatic carbocycles. The molecule has 0 aromatic heterocycles. The monoisotopic (exact) mass is 448 g/mol. The Morgan fingerprint density at radius 2 is 0.938 bits per heavy atom. The van der Waals surface area contributed by atoms with Crippen LogP contribution in [0, 0.1) is 0 Å². The Hall–Kier alpha value is -1.10. The molecule has 2 aliphatic heterocycles. The minimum absolute atomic E-state index is 0.791. The van der Waals surface area contributed by atoms with Gasteiger partial charge >= 0.3 is 0 Å². The quantitative estimate of drug-likeness (QED) is 0.501. The number of rotatable bonds is 4. The van der Waals surface area contributed by atoms with E-state index in [1.54, 1.807) is 0 Å². The Kier molecular flexibility index (Phi) is 13.2. The van der Waals surface area contributed by atoms with Crippen LogP contribution in [-0.4, -0.2) is 115 Å². The fourth-order valence-corrected chi connectivity index (χ4v) is 4.11. The molecule has 182 valence electrons. The average molecular weight is 449 g/mol. The third-order valence-corrected chi connectivity index (χ3v) is 5.92. The summed E-state index contributed by atoms with van der Waals surface area (Å²) in [6.45, 7) is 17.1. The van der Waals surface area contributed by atoms with Crippen LogP contribution in [0.15, 0.2) is 24.3 Å². The Morgan fingerprint density at radius 3 is 1.31 bits per heavy atom. The molecule has 32 heavy (non-hydrogen) atoms. The van der Waals surface area contributed by atoms with Gasteiger partial charge in [0.2, 0.25) is 0 Å². The Morgan fingerprint density at radius 1 is 0.562 bits per heavy atom. The van der Waals surface area contributed by atoms with Crippen molar-refractivity contribution in [1.29, 1.82) is 0 Å². The maximum atomic E-state index is 5.59. The molecule has 2 heterocycles. The van der Waals surface area contributed by atoms with Crippen molar-refractivity contribution >= 4 is 0 Å². The van der Waals surface area contributed by atoms with E-state index in [4.69, 9.17) is 9.47 Å². The first-order chi connectivity index (χ1) is 15.9. The molecule has 3 rings (SSSR count). The van der Waals surface area contributed by atoms with Gasteiger partial charge in [-0.3, -0.25) is 9.80 Å². The molecule has 2 aliphatic rings. The predicted molar refractivity (Wildman–Crippen MR) is 130 cm³/mol. The number of hydrogen-bond donors (Lipinski definition) is 4. The minimum Gasteiger partial charge on any atom is -0.379 e. The second-order valence-electron chi connectivity index (χ2n) is 8.60. The first-order valence-electron chi connectivity index (χ1n) is 12.4. The molecule has 2 saturated heterocycles. The van der Waals surface area contributed by atoms with Crippen LogP contribution in [0.25, 0.3) is 0 Å². The van der Waals surface area contributed by atoms with Gasteiger partial charge in [-0.1, -0.05) is 24.3 Å². The van der Waals surface area contributed by atoms with Crippen molar-refractivity contribution in [3.63, 3.8) is 0 Å². The topological polar surface area (TPSA) is 73.1 Å². The number of hydrogen-bond acceptors (Lipinski definition) is 8. The van der Waals surface area contributed by atoms with E-state index in [-0.39, 0.29) is 0 Å². The van der Waals surface area contributed by atoms with E-state index >= 15 is 0 Å². The van der Waals surface area contributed by atoms with Crippen LogP contribution in [0.3, 0.4) is 0 Å². The lowest BCUT2D eigenvalue weighted by molar-refractivity contribution is 0.132. The summed E-state index contributed by atoms with van der Waals surface area (Å²) in [7, 11) is 0. The fraction of sp³-hybridized carbons (Fsp3) is 0.750. The van der Waals surface area contributed by atoms with Crippen LogP contribution >= 0.6 is 0 Å². The number of benzene rings is 1. The van der Waals surface area contributed by atoms with E-state index in [0.29, 0.717) is 0 Å². The molecular weight excluding hydrogens is 404 g/mol.